The van der Waals surface area contributed by atoms with Crippen molar-refractivity contribution in [1.29, 1.82) is 0 Å². The van der Waals surface area contributed by atoms with Gasteiger partial charge in [-0.05, 0) is 19.8 Å². The van der Waals surface area contributed by atoms with E-state index in [1.54, 1.807) is 6.92 Å². The van der Waals surface area contributed by atoms with Crippen molar-refractivity contribution in [3.63, 3.8) is 0 Å². The number of nitrogens with zero attached hydrogens (tertiary/aromatic N) is 3. The zero-order valence-electron chi connectivity index (χ0n) is 13.6. The van der Waals surface area contributed by atoms with Crippen molar-refractivity contribution in [1.82, 2.24) is 14.4 Å². The van der Waals surface area contributed by atoms with E-state index < -0.39 is 10.0 Å². The first kappa shape index (κ1) is 17.1. The fourth-order valence-electron chi connectivity index (χ4n) is 2.68. The van der Waals surface area contributed by atoms with Gasteiger partial charge in [-0.3, -0.25) is 0 Å². The summed E-state index contributed by atoms with van der Waals surface area (Å²) < 4.78 is 36.4. The number of benzene rings is 1. The number of sulfonamides is 1. The molecule has 1 aromatic carbocycles. The molecule has 1 atom stereocenters. The van der Waals surface area contributed by atoms with Crippen LogP contribution in [0, 0.1) is 0 Å². The predicted octanol–water partition coefficient (Wildman–Crippen LogP) is 2.07. The smallest absolute Gasteiger partial charge is 0.252 e. The Morgan fingerprint density at radius 2 is 2.12 bits per heavy atom. The first-order valence-electron chi connectivity index (χ1n) is 8.06. The molecule has 1 aromatic heterocycles. The Hall–Kier alpha value is -1.77. The fraction of sp³-hybridized carbons (Fsp3) is 0.500. The van der Waals surface area contributed by atoms with Gasteiger partial charge in [-0.15, -0.1) is 0 Å². The van der Waals surface area contributed by atoms with Gasteiger partial charge in [0.2, 0.25) is 15.8 Å². The van der Waals surface area contributed by atoms with Gasteiger partial charge in [-0.1, -0.05) is 35.5 Å². The molecule has 0 spiro atoms. The number of piperidine rings is 1. The molecule has 0 N–H and O–H groups in total. The summed E-state index contributed by atoms with van der Waals surface area (Å²) in [6.45, 7) is 2.79. The minimum absolute atomic E-state index is 0.115. The summed E-state index contributed by atoms with van der Waals surface area (Å²) >= 11 is 0. The second kappa shape index (κ2) is 7.42. The summed E-state index contributed by atoms with van der Waals surface area (Å²) in [6, 6.07) is 9.56. The molecule has 24 heavy (non-hydrogen) atoms. The van der Waals surface area contributed by atoms with E-state index in [9.17, 15) is 8.42 Å². The minimum Gasteiger partial charge on any atom is -0.367 e. The van der Waals surface area contributed by atoms with E-state index in [2.05, 4.69) is 10.1 Å². The molecule has 2 aromatic rings. The van der Waals surface area contributed by atoms with E-state index in [0.717, 1.165) is 18.4 Å². The van der Waals surface area contributed by atoms with Crippen LogP contribution in [0.4, 0.5) is 0 Å². The number of aromatic nitrogens is 2. The number of ether oxygens (including phenoxy) is 1. The fourth-order valence-corrected chi connectivity index (χ4v) is 3.85. The molecule has 7 nitrogen and oxygen atoms in total. The predicted molar refractivity (Wildman–Crippen MR) is 88.6 cm³/mol. The van der Waals surface area contributed by atoms with Crippen LogP contribution in [0.1, 0.15) is 25.7 Å². The van der Waals surface area contributed by atoms with Crippen LogP contribution < -0.4 is 0 Å². The van der Waals surface area contributed by atoms with E-state index in [1.165, 1.54) is 4.31 Å². The highest BCUT2D eigenvalue weighted by Gasteiger charge is 2.28. The molecule has 3 rings (SSSR count). The second-order valence-electron chi connectivity index (χ2n) is 5.71. The van der Waals surface area contributed by atoms with Crippen molar-refractivity contribution >= 4 is 10.0 Å². The SMILES string of the molecule is CCS(=O)(=O)N1CCCC(OCc2nc(-c3ccccc3)no2)C1. The lowest BCUT2D eigenvalue weighted by Gasteiger charge is -2.31. The monoisotopic (exact) mass is 351 g/mol. The standard InChI is InChI=1S/C16H21N3O4S/c1-2-24(20,21)19-10-6-9-14(11-19)22-12-15-17-16(18-23-15)13-7-4-3-5-8-13/h3-5,7-8,14H,2,6,9-12H2,1H3. The summed E-state index contributed by atoms with van der Waals surface area (Å²) in [6.07, 6.45) is 1.48. The van der Waals surface area contributed by atoms with Crippen LogP contribution in [0.3, 0.4) is 0 Å². The lowest BCUT2D eigenvalue weighted by molar-refractivity contribution is -0.00293. The first-order chi connectivity index (χ1) is 11.6. The third-order valence-electron chi connectivity index (χ3n) is 4.04. The molecule has 0 saturated carbocycles. The summed E-state index contributed by atoms with van der Waals surface area (Å²) in [7, 11) is -3.17. The normalized spacial score (nSPS) is 19.5. The summed E-state index contributed by atoms with van der Waals surface area (Å²) in [5.74, 6) is 1.03. The van der Waals surface area contributed by atoms with Crippen LogP contribution in [-0.2, 0) is 21.4 Å². The van der Waals surface area contributed by atoms with Gasteiger partial charge in [0.1, 0.15) is 6.61 Å². The summed E-state index contributed by atoms with van der Waals surface area (Å²) in [5.41, 5.74) is 0.880. The zero-order chi connectivity index (χ0) is 17.0. The van der Waals surface area contributed by atoms with E-state index in [1.807, 2.05) is 30.3 Å². The maximum atomic E-state index is 12.0. The van der Waals surface area contributed by atoms with E-state index in [-0.39, 0.29) is 18.5 Å². The molecule has 1 unspecified atom stereocenters. The molecule has 130 valence electrons. The van der Waals surface area contributed by atoms with Gasteiger partial charge < -0.3 is 9.26 Å². The van der Waals surface area contributed by atoms with Crippen LogP contribution in [0.2, 0.25) is 0 Å². The van der Waals surface area contributed by atoms with Gasteiger partial charge in [-0.25, -0.2) is 8.42 Å². The Labute approximate surface area is 141 Å². The van der Waals surface area contributed by atoms with Gasteiger partial charge in [0, 0.05) is 18.7 Å². The van der Waals surface area contributed by atoms with Crippen molar-refractivity contribution in [3.05, 3.63) is 36.2 Å². The molecule has 8 heteroatoms. The molecule has 0 amide bonds. The van der Waals surface area contributed by atoms with Gasteiger partial charge in [0.15, 0.2) is 0 Å². The van der Waals surface area contributed by atoms with Gasteiger partial charge in [-0.2, -0.15) is 9.29 Å². The number of hydrogen-bond acceptors (Lipinski definition) is 6. The largest absolute Gasteiger partial charge is 0.367 e. The quantitative estimate of drug-likeness (QED) is 0.792. The van der Waals surface area contributed by atoms with Crippen LogP contribution in [0.15, 0.2) is 34.9 Å². The van der Waals surface area contributed by atoms with Crippen molar-refractivity contribution in [3.8, 4) is 11.4 Å². The van der Waals surface area contributed by atoms with Crippen LogP contribution in [0.5, 0.6) is 0 Å². The maximum absolute atomic E-state index is 12.0. The van der Waals surface area contributed by atoms with Crippen molar-refractivity contribution in [2.75, 3.05) is 18.8 Å². The average Bonchev–Trinajstić information content (AvgIpc) is 3.10. The third kappa shape index (κ3) is 4.00. The lowest BCUT2D eigenvalue weighted by atomic mass is 10.1. The van der Waals surface area contributed by atoms with Crippen molar-refractivity contribution < 1.29 is 17.7 Å². The Morgan fingerprint density at radius 1 is 1.33 bits per heavy atom. The lowest BCUT2D eigenvalue weighted by Crippen LogP contribution is -2.43. The summed E-state index contributed by atoms with van der Waals surface area (Å²) in [4.78, 5) is 4.31. The van der Waals surface area contributed by atoms with E-state index >= 15 is 0 Å². The molecule has 2 heterocycles. The van der Waals surface area contributed by atoms with Crippen LogP contribution in [-0.4, -0.2) is 47.8 Å². The number of hydrogen-bond donors (Lipinski definition) is 0. The third-order valence-corrected chi connectivity index (χ3v) is 5.89. The Balaban J connectivity index is 1.57. The minimum atomic E-state index is -3.17. The molecular formula is C16H21N3O4S. The molecule has 1 saturated heterocycles. The van der Waals surface area contributed by atoms with Crippen LogP contribution in [0.25, 0.3) is 11.4 Å². The highest BCUT2D eigenvalue weighted by molar-refractivity contribution is 7.89. The Bertz CT molecular complexity index is 761. The Morgan fingerprint density at radius 3 is 2.88 bits per heavy atom. The molecule has 1 fully saturated rings. The Kier molecular flexibility index (Phi) is 5.27. The molecule has 0 bridgehead atoms. The molecule has 0 aliphatic carbocycles. The van der Waals surface area contributed by atoms with Crippen LogP contribution >= 0.6 is 0 Å². The molecule has 0 radical (unpaired) electrons. The van der Waals surface area contributed by atoms with E-state index in [0.29, 0.717) is 24.8 Å². The van der Waals surface area contributed by atoms with Gasteiger partial charge in [0.05, 0.1) is 11.9 Å². The number of rotatable bonds is 6. The highest BCUT2D eigenvalue weighted by Crippen LogP contribution is 2.19. The first-order valence-corrected chi connectivity index (χ1v) is 9.67. The van der Waals surface area contributed by atoms with Crippen molar-refractivity contribution in [2.24, 2.45) is 0 Å². The summed E-state index contributed by atoms with van der Waals surface area (Å²) in [5, 5.41) is 3.95. The van der Waals surface area contributed by atoms with E-state index in [4.69, 9.17) is 9.26 Å². The average molecular weight is 351 g/mol. The highest BCUT2D eigenvalue weighted by atomic mass is 32.2. The topological polar surface area (TPSA) is 85.5 Å². The van der Waals surface area contributed by atoms with Gasteiger partial charge >= 0.3 is 0 Å². The maximum Gasteiger partial charge on any atom is 0.252 e. The molecular weight excluding hydrogens is 330 g/mol. The zero-order valence-corrected chi connectivity index (χ0v) is 14.4. The van der Waals surface area contributed by atoms with Gasteiger partial charge in [0.25, 0.3) is 5.89 Å². The molecule has 1 aliphatic rings. The second-order valence-corrected chi connectivity index (χ2v) is 7.97. The molecule has 1 aliphatic heterocycles. The van der Waals surface area contributed by atoms with Crippen molar-refractivity contribution in [2.45, 2.75) is 32.5 Å².